The molecule has 0 aliphatic carbocycles. The molecule has 122 valence electrons. The number of aliphatic imine (C=N–C) groups is 1. The first-order valence-electron chi connectivity index (χ1n) is 7.80. The molecule has 2 rings (SSSR count). The van der Waals surface area contributed by atoms with Crippen molar-refractivity contribution in [2.45, 2.75) is 38.3 Å². The van der Waals surface area contributed by atoms with E-state index in [0.717, 1.165) is 36.8 Å². The summed E-state index contributed by atoms with van der Waals surface area (Å²) in [5.74, 6) is 2.99. The molecule has 1 aromatic carbocycles. The molecular weight excluding hydrogens is 294 g/mol. The van der Waals surface area contributed by atoms with Gasteiger partial charge in [0.25, 0.3) is 0 Å². The summed E-state index contributed by atoms with van der Waals surface area (Å²) < 4.78 is 6.07. The average Bonchev–Trinajstić information content (AvgIpc) is 2.49. The van der Waals surface area contributed by atoms with Crippen molar-refractivity contribution in [2.75, 3.05) is 25.6 Å². The predicted octanol–water partition coefficient (Wildman–Crippen LogP) is 3.21. The van der Waals surface area contributed by atoms with Gasteiger partial charge >= 0.3 is 0 Å². The molecule has 0 amide bonds. The van der Waals surface area contributed by atoms with Crippen molar-refractivity contribution in [3.63, 3.8) is 0 Å². The second-order valence-electron chi connectivity index (χ2n) is 6.15. The molecule has 0 saturated heterocycles. The third kappa shape index (κ3) is 4.57. The van der Waals surface area contributed by atoms with Gasteiger partial charge in [-0.05, 0) is 38.3 Å². The highest BCUT2D eigenvalue weighted by molar-refractivity contribution is 7.98. The van der Waals surface area contributed by atoms with Crippen LogP contribution in [0.1, 0.15) is 38.3 Å². The number of hydrogen-bond donors (Lipinski definition) is 2. The Kier molecular flexibility index (Phi) is 6.00. The maximum Gasteiger partial charge on any atom is 0.191 e. The van der Waals surface area contributed by atoms with Crippen LogP contribution in [0.5, 0.6) is 5.75 Å². The zero-order chi connectivity index (χ0) is 16.0. The van der Waals surface area contributed by atoms with Gasteiger partial charge in [-0.25, -0.2) is 0 Å². The molecule has 1 unspecified atom stereocenters. The van der Waals surface area contributed by atoms with E-state index in [1.54, 1.807) is 0 Å². The molecule has 4 nitrogen and oxygen atoms in total. The molecule has 1 atom stereocenters. The minimum atomic E-state index is -0.177. The number of fused-ring (bicyclic) bond motifs is 1. The number of thioether (sulfide) groups is 1. The van der Waals surface area contributed by atoms with E-state index in [4.69, 9.17) is 4.74 Å². The van der Waals surface area contributed by atoms with Crippen molar-refractivity contribution in [3.8, 4) is 5.75 Å². The van der Waals surface area contributed by atoms with E-state index in [-0.39, 0.29) is 11.6 Å². The summed E-state index contributed by atoms with van der Waals surface area (Å²) in [5, 5.41) is 6.94. The largest absolute Gasteiger partial charge is 0.487 e. The summed E-state index contributed by atoms with van der Waals surface area (Å²) in [7, 11) is 1.82. The molecule has 0 bridgehead atoms. The summed E-state index contributed by atoms with van der Waals surface area (Å²) in [6, 6.07) is 8.46. The molecule has 0 saturated carbocycles. The molecule has 1 heterocycles. The van der Waals surface area contributed by atoms with Gasteiger partial charge in [-0.2, -0.15) is 11.8 Å². The topological polar surface area (TPSA) is 45.7 Å². The Labute approximate surface area is 138 Å². The molecule has 0 fully saturated rings. The fourth-order valence-corrected chi connectivity index (χ4v) is 3.15. The van der Waals surface area contributed by atoms with Gasteiger partial charge in [0.1, 0.15) is 11.4 Å². The van der Waals surface area contributed by atoms with Crippen LogP contribution in [-0.4, -0.2) is 37.2 Å². The number of benzene rings is 1. The standard InChI is InChI=1S/C17H27N3OS/c1-17(2)12-14(13-8-5-6-9-15(13)21-17)20-16(18-3)19-10-7-11-22-4/h5-6,8-9,14H,7,10-12H2,1-4H3,(H2,18,19,20). The van der Waals surface area contributed by atoms with Crippen LogP contribution < -0.4 is 15.4 Å². The summed E-state index contributed by atoms with van der Waals surface area (Å²) in [4.78, 5) is 4.35. The Hall–Kier alpha value is -1.36. The molecular formula is C17H27N3OS. The minimum Gasteiger partial charge on any atom is -0.487 e. The Morgan fingerprint density at radius 2 is 2.18 bits per heavy atom. The molecule has 0 spiro atoms. The summed E-state index contributed by atoms with van der Waals surface area (Å²) in [6.45, 7) is 5.20. The number of rotatable bonds is 5. The van der Waals surface area contributed by atoms with Crippen molar-refractivity contribution in [2.24, 2.45) is 4.99 Å². The van der Waals surface area contributed by atoms with Crippen LogP contribution in [0, 0.1) is 0 Å². The van der Waals surface area contributed by atoms with Crippen LogP contribution in [0.25, 0.3) is 0 Å². The van der Waals surface area contributed by atoms with Crippen LogP contribution in [0.4, 0.5) is 0 Å². The number of nitrogens with one attached hydrogen (secondary N) is 2. The number of ether oxygens (including phenoxy) is 1. The molecule has 2 N–H and O–H groups in total. The number of nitrogens with zero attached hydrogens (tertiary/aromatic N) is 1. The molecule has 1 aliphatic rings. The Bertz CT molecular complexity index is 516. The zero-order valence-corrected chi connectivity index (χ0v) is 14.8. The smallest absolute Gasteiger partial charge is 0.191 e. The normalized spacial score (nSPS) is 20.0. The fourth-order valence-electron chi connectivity index (χ4n) is 2.71. The van der Waals surface area contributed by atoms with Gasteiger partial charge in [-0.1, -0.05) is 18.2 Å². The molecule has 22 heavy (non-hydrogen) atoms. The fraction of sp³-hybridized carbons (Fsp3) is 0.588. The van der Waals surface area contributed by atoms with Crippen LogP contribution in [0.2, 0.25) is 0 Å². The van der Waals surface area contributed by atoms with E-state index in [0.29, 0.717) is 0 Å². The molecule has 1 aliphatic heterocycles. The van der Waals surface area contributed by atoms with E-state index in [1.165, 1.54) is 5.56 Å². The highest BCUT2D eigenvalue weighted by atomic mass is 32.2. The minimum absolute atomic E-state index is 0.177. The van der Waals surface area contributed by atoms with Gasteiger partial charge in [0.05, 0.1) is 6.04 Å². The highest BCUT2D eigenvalue weighted by Gasteiger charge is 2.33. The van der Waals surface area contributed by atoms with Gasteiger partial charge in [-0.15, -0.1) is 0 Å². The van der Waals surface area contributed by atoms with Gasteiger partial charge in [-0.3, -0.25) is 4.99 Å². The van der Waals surface area contributed by atoms with E-state index >= 15 is 0 Å². The van der Waals surface area contributed by atoms with Crippen LogP contribution in [0.15, 0.2) is 29.3 Å². The van der Waals surface area contributed by atoms with E-state index < -0.39 is 0 Å². The summed E-state index contributed by atoms with van der Waals surface area (Å²) >= 11 is 1.87. The third-order valence-electron chi connectivity index (χ3n) is 3.73. The Morgan fingerprint density at radius 1 is 1.41 bits per heavy atom. The summed E-state index contributed by atoms with van der Waals surface area (Å²) in [6.07, 6.45) is 4.18. The monoisotopic (exact) mass is 321 g/mol. The van der Waals surface area contributed by atoms with Gasteiger partial charge in [0.15, 0.2) is 5.96 Å². The first-order chi connectivity index (χ1) is 10.6. The Balaban J connectivity index is 2.04. The highest BCUT2D eigenvalue weighted by Crippen LogP contribution is 2.39. The SMILES string of the molecule is CN=C(NCCCSC)NC1CC(C)(C)Oc2ccccc21. The molecule has 1 aromatic rings. The zero-order valence-electron chi connectivity index (χ0n) is 14.0. The Morgan fingerprint density at radius 3 is 2.91 bits per heavy atom. The maximum atomic E-state index is 6.07. The lowest BCUT2D eigenvalue weighted by Crippen LogP contribution is -2.45. The van der Waals surface area contributed by atoms with Crippen molar-refractivity contribution < 1.29 is 4.74 Å². The van der Waals surface area contributed by atoms with E-state index in [1.807, 2.05) is 30.9 Å². The first kappa shape index (κ1) is 17.0. The van der Waals surface area contributed by atoms with Gasteiger partial charge < -0.3 is 15.4 Å². The van der Waals surface area contributed by atoms with Crippen LogP contribution in [0.3, 0.4) is 0 Å². The second-order valence-corrected chi connectivity index (χ2v) is 7.13. The number of para-hydroxylation sites is 1. The second kappa shape index (κ2) is 7.77. The first-order valence-corrected chi connectivity index (χ1v) is 9.19. The van der Waals surface area contributed by atoms with Crippen LogP contribution in [-0.2, 0) is 0 Å². The molecule has 5 heteroatoms. The lowest BCUT2D eigenvalue weighted by Gasteiger charge is -2.38. The van der Waals surface area contributed by atoms with Crippen molar-refractivity contribution in [1.29, 1.82) is 0 Å². The number of guanidine groups is 1. The van der Waals surface area contributed by atoms with E-state index in [9.17, 15) is 0 Å². The quantitative estimate of drug-likeness (QED) is 0.497. The molecule has 0 radical (unpaired) electrons. The van der Waals surface area contributed by atoms with Gasteiger partial charge in [0.2, 0.25) is 0 Å². The van der Waals surface area contributed by atoms with Gasteiger partial charge in [0, 0.05) is 25.6 Å². The molecule has 0 aromatic heterocycles. The number of hydrogen-bond acceptors (Lipinski definition) is 3. The maximum absolute atomic E-state index is 6.07. The van der Waals surface area contributed by atoms with Crippen molar-refractivity contribution in [1.82, 2.24) is 10.6 Å². The third-order valence-corrected chi connectivity index (χ3v) is 4.43. The average molecular weight is 321 g/mol. The van der Waals surface area contributed by atoms with E-state index in [2.05, 4.69) is 47.9 Å². The predicted molar refractivity (Wildman–Crippen MR) is 96.0 cm³/mol. The van der Waals surface area contributed by atoms with Crippen molar-refractivity contribution in [3.05, 3.63) is 29.8 Å². The lowest BCUT2D eigenvalue weighted by atomic mass is 9.90. The van der Waals surface area contributed by atoms with Crippen LogP contribution >= 0.6 is 11.8 Å². The summed E-state index contributed by atoms with van der Waals surface area (Å²) in [5.41, 5.74) is 1.03. The van der Waals surface area contributed by atoms with Crippen molar-refractivity contribution >= 4 is 17.7 Å². The lowest BCUT2D eigenvalue weighted by molar-refractivity contribution is 0.0694.